The van der Waals surface area contributed by atoms with Crippen molar-refractivity contribution in [2.24, 2.45) is 13.0 Å². The van der Waals surface area contributed by atoms with E-state index in [9.17, 15) is 22.8 Å². The maximum atomic E-state index is 14.6. The lowest BCUT2D eigenvalue weighted by Gasteiger charge is -2.43. The number of ether oxygens (including phenoxy) is 1. The summed E-state index contributed by atoms with van der Waals surface area (Å²) in [6.45, 7) is 10.2. The van der Waals surface area contributed by atoms with Gasteiger partial charge in [0.25, 0.3) is 5.91 Å². The fourth-order valence-electron chi connectivity index (χ4n) is 7.57. The van der Waals surface area contributed by atoms with E-state index < -0.39 is 23.1 Å². The number of nitrogens with zero attached hydrogens (tertiary/aromatic N) is 8. The Hall–Kier alpha value is -4.30. The molecule has 11 nitrogen and oxygen atoms in total. The van der Waals surface area contributed by atoms with Crippen LogP contribution in [-0.4, -0.2) is 93.8 Å². The number of hydrogen-bond acceptors (Lipinski definition) is 8. The minimum Gasteiger partial charge on any atom is -0.379 e. The molecule has 6 heterocycles. The molecule has 0 spiro atoms. The first-order valence-electron chi connectivity index (χ1n) is 16.8. The van der Waals surface area contributed by atoms with Crippen LogP contribution in [0.25, 0.3) is 0 Å². The number of aromatic nitrogens is 4. The second kappa shape index (κ2) is 12.9. The number of piperidine rings is 1. The molecular formula is C35H41F3N8O3. The number of rotatable bonds is 8. The molecule has 0 bridgehead atoms. The quantitative estimate of drug-likeness (QED) is 0.331. The average Bonchev–Trinajstić information content (AvgIpc) is 3.62. The van der Waals surface area contributed by atoms with Crippen molar-refractivity contribution in [3.05, 3.63) is 76.9 Å². The van der Waals surface area contributed by atoms with Crippen molar-refractivity contribution >= 4 is 23.5 Å². The molecule has 7 rings (SSSR count). The molecule has 3 fully saturated rings. The molecule has 49 heavy (non-hydrogen) atoms. The predicted octanol–water partition coefficient (Wildman–Crippen LogP) is 3.97. The van der Waals surface area contributed by atoms with E-state index in [0.717, 1.165) is 37.3 Å². The second-order valence-corrected chi connectivity index (χ2v) is 13.9. The van der Waals surface area contributed by atoms with Gasteiger partial charge in [0, 0.05) is 63.7 Å². The highest BCUT2D eigenvalue weighted by Crippen LogP contribution is 2.42. The van der Waals surface area contributed by atoms with E-state index in [-0.39, 0.29) is 29.4 Å². The molecule has 0 saturated carbocycles. The molecule has 1 atom stereocenters. The van der Waals surface area contributed by atoms with E-state index in [1.54, 1.807) is 17.3 Å². The Morgan fingerprint density at radius 1 is 1.10 bits per heavy atom. The van der Waals surface area contributed by atoms with Gasteiger partial charge in [-0.05, 0) is 72.3 Å². The standard InChI is InChI=1S/C35H41F3N8O3/c1-4-32(47)45-10-8-44(9-11-45)29-14-25(34(20-49-21-34)16-31-41-39-22-42(31)3)15-30(40-29)46-19-27-26(33(46)48)12-24(13-28(27)35(36,37)38)18-43-7-5-6-23(2)17-43/h4,12-15,22-23H,1,5-11,16-21H2,2-3H3/t23-/m0/s1. The molecule has 1 aromatic carbocycles. The SMILES string of the molecule is C=CC(=O)N1CCN(c2cc(C3(Cc4nncn4C)COC3)cc(N3Cc4c(cc(CN5CCC[C@H](C)C5)cc4C(F)(F)F)C3=O)n2)CC1. The maximum absolute atomic E-state index is 14.6. The fourth-order valence-corrected chi connectivity index (χ4v) is 7.57. The van der Waals surface area contributed by atoms with Crippen LogP contribution < -0.4 is 9.80 Å². The van der Waals surface area contributed by atoms with Crippen molar-refractivity contribution in [1.29, 1.82) is 0 Å². The molecule has 0 N–H and O–H groups in total. The van der Waals surface area contributed by atoms with E-state index in [2.05, 4.69) is 28.6 Å². The molecule has 3 aromatic rings. The van der Waals surface area contributed by atoms with E-state index >= 15 is 0 Å². The number of pyridine rings is 1. The summed E-state index contributed by atoms with van der Waals surface area (Å²) in [4.78, 5) is 38.6. The van der Waals surface area contributed by atoms with Gasteiger partial charge in [-0.1, -0.05) is 13.5 Å². The Balaban J connectivity index is 1.26. The monoisotopic (exact) mass is 678 g/mol. The Bertz CT molecular complexity index is 1760. The van der Waals surface area contributed by atoms with E-state index in [4.69, 9.17) is 9.72 Å². The number of piperazine rings is 1. The summed E-state index contributed by atoms with van der Waals surface area (Å²) in [5.74, 6) is 1.45. The molecule has 3 saturated heterocycles. The third-order valence-corrected chi connectivity index (χ3v) is 10.4. The average molecular weight is 679 g/mol. The highest BCUT2D eigenvalue weighted by Gasteiger charge is 2.45. The zero-order valence-corrected chi connectivity index (χ0v) is 27.9. The number of carbonyl (C=O) groups is 2. The smallest absolute Gasteiger partial charge is 0.379 e. The molecule has 4 aliphatic rings. The van der Waals surface area contributed by atoms with Crippen LogP contribution in [0.15, 0.2) is 43.2 Å². The number of fused-ring (bicyclic) bond motifs is 1. The second-order valence-electron chi connectivity index (χ2n) is 13.9. The van der Waals surface area contributed by atoms with Gasteiger partial charge >= 0.3 is 6.18 Å². The number of alkyl halides is 3. The lowest BCUT2D eigenvalue weighted by Crippen LogP contribution is -2.50. The fraction of sp³-hybridized carbons (Fsp3) is 0.514. The molecule has 4 aliphatic heterocycles. The van der Waals surface area contributed by atoms with Crippen molar-refractivity contribution < 1.29 is 27.5 Å². The number of halogens is 3. The zero-order chi connectivity index (χ0) is 34.5. The first kappa shape index (κ1) is 33.2. The summed E-state index contributed by atoms with van der Waals surface area (Å²) in [7, 11) is 1.87. The van der Waals surface area contributed by atoms with Crippen LogP contribution in [0, 0.1) is 5.92 Å². The largest absolute Gasteiger partial charge is 0.416 e. The Labute approximate surface area is 283 Å². The predicted molar refractivity (Wildman–Crippen MR) is 176 cm³/mol. The molecule has 14 heteroatoms. The van der Waals surface area contributed by atoms with E-state index in [1.165, 1.54) is 17.0 Å². The number of benzene rings is 1. The van der Waals surface area contributed by atoms with Gasteiger partial charge in [-0.25, -0.2) is 4.98 Å². The topological polar surface area (TPSA) is 99.9 Å². The van der Waals surface area contributed by atoms with Crippen molar-refractivity contribution in [3.8, 4) is 0 Å². The summed E-state index contributed by atoms with van der Waals surface area (Å²) in [6, 6.07) is 6.64. The third-order valence-electron chi connectivity index (χ3n) is 10.4. The highest BCUT2D eigenvalue weighted by molar-refractivity contribution is 6.10. The summed E-state index contributed by atoms with van der Waals surface area (Å²) in [5, 5.41) is 8.32. The number of anilines is 2. The molecule has 260 valence electrons. The molecule has 0 unspecified atom stereocenters. The summed E-state index contributed by atoms with van der Waals surface area (Å²) in [6.07, 6.45) is 0.915. The minimum atomic E-state index is -4.63. The molecule has 0 radical (unpaired) electrons. The van der Waals surface area contributed by atoms with Crippen LogP contribution in [0.3, 0.4) is 0 Å². The maximum Gasteiger partial charge on any atom is 0.416 e. The van der Waals surface area contributed by atoms with Crippen LogP contribution in [0.2, 0.25) is 0 Å². The number of hydrogen-bond donors (Lipinski definition) is 0. The number of amides is 2. The summed E-state index contributed by atoms with van der Waals surface area (Å²) >= 11 is 0. The van der Waals surface area contributed by atoms with Gasteiger partial charge in [-0.2, -0.15) is 13.2 Å². The summed E-state index contributed by atoms with van der Waals surface area (Å²) < 4.78 is 51.4. The highest BCUT2D eigenvalue weighted by atomic mass is 19.4. The number of carbonyl (C=O) groups excluding carboxylic acids is 2. The lowest BCUT2D eigenvalue weighted by molar-refractivity contribution is -0.138. The van der Waals surface area contributed by atoms with Gasteiger partial charge in [0.15, 0.2) is 0 Å². The van der Waals surface area contributed by atoms with Crippen LogP contribution in [0.4, 0.5) is 24.8 Å². The molecule has 2 amide bonds. The Morgan fingerprint density at radius 3 is 2.49 bits per heavy atom. The molecule has 2 aromatic heterocycles. The minimum absolute atomic E-state index is 0.0284. The van der Waals surface area contributed by atoms with Gasteiger partial charge in [-0.15, -0.1) is 10.2 Å². The van der Waals surface area contributed by atoms with Crippen LogP contribution >= 0.6 is 0 Å². The normalized spacial score (nSPS) is 21.1. The van der Waals surface area contributed by atoms with Crippen LogP contribution in [0.1, 0.15) is 58.2 Å². The third kappa shape index (κ3) is 6.43. The molecular weight excluding hydrogens is 637 g/mol. The van der Waals surface area contributed by atoms with E-state index in [1.807, 2.05) is 28.6 Å². The van der Waals surface area contributed by atoms with E-state index in [0.29, 0.717) is 69.7 Å². The van der Waals surface area contributed by atoms with Crippen molar-refractivity contribution in [1.82, 2.24) is 29.5 Å². The van der Waals surface area contributed by atoms with Crippen LogP contribution in [-0.2, 0) is 47.7 Å². The Kier molecular flexibility index (Phi) is 8.72. The lowest BCUT2D eigenvalue weighted by atomic mass is 9.75. The van der Waals surface area contributed by atoms with Gasteiger partial charge in [0.2, 0.25) is 5.91 Å². The van der Waals surface area contributed by atoms with Gasteiger partial charge < -0.3 is 19.1 Å². The van der Waals surface area contributed by atoms with Gasteiger partial charge in [-0.3, -0.25) is 19.4 Å². The molecule has 0 aliphatic carbocycles. The van der Waals surface area contributed by atoms with Gasteiger partial charge in [0.05, 0.1) is 25.3 Å². The first-order chi connectivity index (χ1) is 23.4. The Morgan fingerprint density at radius 2 is 1.86 bits per heavy atom. The van der Waals surface area contributed by atoms with Crippen molar-refractivity contribution in [2.45, 2.75) is 50.9 Å². The number of aryl methyl sites for hydroxylation is 1. The zero-order valence-electron chi connectivity index (χ0n) is 27.9. The van der Waals surface area contributed by atoms with Crippen LogP contribution in [0.5, 0.6) is 0 Å². The van der Waals surface area contributed by atoms with Crippen molar-refractivity contribution in [3.63, 3.8) is 0 Å². The summed E-state index contributed by atoms with van der Waals surface area (Å²) in [5.41, 5.74) is 0.107. The number of likely N-dealkylation sites (tertiary alicyclic amines) is 1. The first-order valence-corrected chi connectivity index (χ1v) is 16.8. The van der Waals surface area contributed by atoms with Gasteiger partial charge in [0.1, 0.15) is 23.8 Å². The van der Waals surface area contributed by atoms with Crippen molar-refractivity contribution in [2.75, 3.05) is 62.3 Å².